The SMILES string of the molecule is CN1C(=O)C(C)(C)c2cc(S(=O)(=O)N(C)C3CCCCC3)ccc21. The van der Waals surface area contributed by atoms with Crippen LogP contribution in [-0.2, 0) is 20.2 Å². The zero-order valence-electron chi connectivity index (χ0n) is 14.9. The number of carbonyl (C=O) groups is 1. The van der Waals surface area contributed by atoms with Crippen molar-refractivity contribution in [3.63, 3.8) is 0 Å². The third-order valence-corrected chi connectivity index (χ3v) is 7.51. The van der Waals surface area contributed by atoms with Gasteiger partial charge in [-0.1, -0.05) is 19.3 Å². The number of anilines is 1. The van der Waals surface area contributed by atoms with Gasteiger partial charge in [0.05, 0.1) is 10.3 Å². The lowest BCUT2D eigenvalue weighted by Gasteiger charge is -2.30. The van der Waals surface area contributed by atoms with Gasteiger partial charge in [-0.3, -0.25) is 4.79 Å². The number of fused-ring (bicyclic) bond motifs is 1. The van der Waals surface area contributed by atoms with Crippen molar-refractivity contribution in [1.82, 2.24) is 4.31 Å². The Labute approximate surface area is 144 Å². The van der Waals surface area contributed by atoms with Crippen LogP contribution in [0.4, 0.5) is 5.69 Å². The van der Waals surface area contributed by atoms with E-state index in [0.29, 0.717) is 0 Å². The van der Waals surface area contributed by atoms with Crippen LogP contribution in [0.1, 0.15) is 51.5 Å². The summed E-state index contributed by atoms with van der Waals surface area (Å²) in [6, 6.07) is 5.14. The molecular weight excluding hydrogens is 324 g/mol. The van der Waals surface area contributed by atoms with Crippen LogP contribution < -0.4 is 4.90 Å². The Morgan fingerprint density at radius 2 is 1.79 bits per heavy atom. The molecule has 1 heterocycles. The topological polar surface area (TPSA) is 57.7 Å². The zero-order valence-corrected chi connectivity index (χ0v) is 15.7. The lowest BCUT2D eigenvalue weighted by atomic mass is 9.86. The minimum absolute atomic E-state index is 0.00677. The van der Waals surface area contributed by atoms with Gasteiger partial charge in [-0.2, -0.15) is 4.31 Å². The smallest absolute Gasteiger partial charge is 0.243 e. The van der Waals surface area contributed by atoms with E-state index in [2.05, 4.69) is 0 Å². The third-order valence-electron chi connectivity index (χ3n) is 5.61. The van der Waals surface area contributed by atoms with E-state index in [4.69, 9.17) is 0 Å². The molecule has 0 N–H and O–H groups in total. The first-order valence-electron chi connectivity index (χ1n) is 8.58. The molecule has 1 amide bonds. The Morgan fingerprint density at radius 1 is 1.17 bits per heavy atom. The van der Waals surface area contributed by atoms with E-state index in [1.165, 1.54) is 10.7 Å². The fraction of sp³-hybridized carbons (Fsp3) is 0.611. The number of hydrogen-bond acceptors (Lipinski definition) is 3. The normalized spacial score (nSPS) is 21.4. The van der Waals surface area contributed by atoms with E-state index in [9.17, 15) is 13.2 Å². The number of amides is 1. The lowest BCUT2D eigenvalue weighted by molar-refractivity contribution is -0.121. The van der Waals surface area contributed by atoms with Crippen molar-refractivity contribution < 1.29 is 13.2 Å². The van der Waals surface area contributed by atoms with Crippen molar-refractivity contribution >= 4 is 21.6 Å². The molecule has 1 fully saturated rings. The maximum Gasteiger partial charge on any atom is 0.243 e. The number of likely N-dealkylation sites (N-methyl/N-ethyl adjacent to an activating group) is 1. The standard InChI is InChI=1S/C18H26N2O3S/c1-18(2)15-12-14(10-11-16(15)19(3)17(18)21)24(22,23)20(4)13-8-6-5-7-9-13/h10-13H,5-9H2,1-4H3. The molecule has 132 valence electrons. The third kappa shape index (κ3) is 2.56. The number of benzene rings is 1. The summed E-state index contributed by atoms with van der Waals surface area (Å²) < 4.78 is 27.6. The Hall–Kier alpha value is -1.40. The van der Waals surface area contributed by atoms with Gasteiger partial charge in [0.2, 0.25) is 15.9 Å². The lowest BCUT2D eigenvalue weighted by Crippen LogP contribution is -2.38. The van der Waals surface area contributed by atoms with Gasteiger partial charge >= 0.3 is 0 Å². The summed E-state index contributed by atoms with van der Waals surface area (Å²) in [4.78, 5) is 14.3. The van der Waals surface area contributed by atoms with Crippen LogP contribution in [0.15, 0.2) is 23.1 Å². The van der Waals surface area contributed by atoms with Gasteiger partial charge in [0.15, 0.2) is 0 Å². The highest BCUT2D eigenvalue weighted by molar-refractivity contribution is 7.89. The number of rotatable bonds is 3. The minimum Gasteiger partial charge on any atom is -0.314 e. The van der Waals surface area contributed by atoms with E-state index in [1.807, 2.05) is 13.8 Å². The molecule has 0 atom stereocenters. The van der Waals surface area contributed by atoms with Crippen molar-refractivity contribution in [3.8, 4) is 0 Å². The van der Waals surface area contributed by atoms with Crippen LogP contribution in [0.25, 0.3) is 0 Å². The molecule has 1 aliphatic heterocycles. The molecule has 0 saturated heterocycles. The highest BCUT2D eigenvalue weighted by Crippen LogP contribution is 2.42. The molecule has 0 unspecified atom stereocenters. The van der Waals surface area contributed by atoms with Gasteiger partial charge in [-0.25, -0.2) is 8.42 Å². The van der Waals surface area contributed by atoms with Gasteiger partial charge in [-0.05, 0) is 50.5 Å². The zero-order chi connectivity index (χ0) is 17.7. The van der Waals surface area contributed by atoms with Gasteiger partial charge < -0.3 is 4.90 Å². The summed E-state index contributed by atoms with van der Waals surface area (Å²) in [5.41, 5.74) is 0.886. The first-order chi connectivity index (χ1) is 11.2. The molecule has 5 nitrogen and oxygen atoms in total. The van der Waals surface area contributed by atoms with E-state index in [0.717, 1.165) is 36.9 Å². The second-order valence-electron chi connectivity index (χ2n) is 7.48. The average Bonchev–Trinajstić information content (AvgIpc) is 2.75. The van der Waals surface area contributed by atoms with Gasteiger partial charge in [0.1, 0.15) is 0 Å². The molecule has 6 heteroatoms. The van der Waals surface area contributed by atoms with E-state index < -0.39 is 15.4 Å². The molecule has 2 aliphatic rings. The molecule has 1 aromatic rings. The predicted octanol–water partition coefficient (Wildman–Crippen LogP) is 2.89. The quantitative estimate of drug-likeness (QED) is 0.842. The number of hydrogen-bond donors (Lipinski definition) is 0. The molecule has 1 aromatic carbocycles. The summed E-state index contributed by atoms with van der Waals surface area (Å²) in [5, 5.41) is 0. The molecule has 24 heavy (non-hydrogen) atoms. The van der Waals surface area contributed by atoms with Crippen molar-refractivity contribution in [3.05, 3.63) is 23.8 Å². The van der Waals surface area contributed by atoms with Gasteiger partial charge in [0, 0.05) is 25.8 Å². The fourth-order valence-corrected chi connectivity index (χ4v) is 5.36. The maximum atomic E-state index is 13.0. The molecule has 0 bridgehead atoms. The Balaban J connectivity index is 1.99. The van der Waals surface area contributed by atoms with Gasteiger partial charge in [0.25, 0.3) is 0 Å². The molecule has 1 saturated carbocycles. The van der Waals surface area contributed by atoms with Crippen molar-refractivity contribution in [2.75, 3.05) is 19.0 Å². The van der Waals surface area contributed by atoms with Gasteiger partial charge in [-0.15, -0.1) is 0 Å². The highest BCUT2D eigenvalue weighted by Gasteiger charge is 2.43. The van der Waals surface area contributed by atoms with E-state index in [-0.39, 0.29) is 16.8 Å². The summed E-state index contributed by atoms with van der Waals surface area (Å²) >= 11 is 0. The van der Waals surface area contributed by atoms with Crippen molar-refractivity contribution in [2.24, 2.45) is 0 Å². The van der Waals surface area contributed by atoms with E-state index >= 15 is 0 Å². The van der Waals surface area contributed by atoms with Crippen LogP contribution in [-0.4, -0.2) is 38.8 Å². The van der Waals surface area contributed by atoms with Crippen LogP contribution >= 0.6 is 0 Å². The second kappa shape index (κ2) is 5.85. The van der Waals surface area contributed by atoms with Crippen molar-refractivity contribution in [2.45, 2.75) is 62.3 Å². The molecule has 0 aromatic heterocycles. The molecule has 3 rings (SSSR count). The van der Waals surface area contributed by atoms with Crippen molar-refractivity contribution in [1.29, 1.82) is 0 Å². The Kier molecular flexibility index (Phi) is 4.24. The molecular formula is C18H26N2O3S. The number of carbonyl (C=O) groups excluding carboxylic acids is 1. The minimum atomic E-state index is -3.54. The number of sulfonamides is 1. The summed E-state index contributed by atoms with van der Waals surface area (Å²) in [6.45, 7) is 3.69. The Bertz CT molecular complexity index is 764. The van der Waals surface area contributed by atoms with Crippen LogP contribution in [0.2, 0.25) is 0 Å². The van der Waals surface area contributed by atoms with Crippen LogP contribution in [0.3, 0.4) is 0 Å². The summed E-state index contributed by atoms with van der Waals surface area (Å²) in [5.74, 6) is -0.00677. The summed E-state index contributed by atoms with van der Waals surface area (Å²) in [7, 11) is -0.126. The average molecular weight is 350 g/mol. The van der Waals surface area contributed by atoms with Crippen LogP contribution in [0.5, 0.6) is 0 Å². The maximum absolute atomic E-state index is 13.0. The summed E-state index contributed by atoms with van der Waals surface area (Å²) in [6.07, 6.45) is 5.20. The molecule has 0 spiro atoms. The molecule has 1 aliphatic carbocycles. The Morgan fingerprint density at radius 3 is 2.42 bits per heavy atom. The first kappa shape index (κ1) is 17.4. The molecule has 0 radical (unpaired) electrons. The number of nitrogens with zero attached hydrogens (tertiary/aromatic N) is 2. The van der Waals surface area contributed by atoms with Crippen LogP contribution in [0, 0.1) is 0 Å². The largest absolute Gasteiger partial charge is 0.314 e. The monoisotopic (exact) mass is 350 g/mol. The first-order valence-corrected chi connectivity index (χ1v) is 10.0. The predicted molar refractivity (Wildman–Crippen MR) is 94.7 cm³/mol. The second-order valence-corrected chi connectivity index (χ2v) is 9.48. The highest BCUT2D eigenvalue weighted by atomic mass is 32.2. The van der Waals surface area contributed by atoms with E-state index in [1.54, 1.807) is 37.2 Å². The fourth-order valence-electron chi connectivity index (χ4n) is 3.92.